The van der Waals surface area contributed by atoms with Crippen LogP contribution >= 0.6 is 0 Å². The van der Waals surface area contributed by atoms with E-state index in [1.807, 2.05) is 0 Å². The normalized spacial score (nSPS) is 27.1. The monoisotopic (exact) mass is 260 g/mol. The molecule has 1 rings (SSSR count). The molecule has 1 saturated carbocycles. The lowest BCUT2D eigenvalue weighted by Gasteiger charge is -2.06. The van der Waals surface area contributed by atoms with Crippen molar-refractivity contribution in [3.8, 4) is 0 Å². The van der Waals surface area contributed by atoms with E-state index in [9.17, 15) is 14.4 Å². The fourth-order valence-corrected chi connectivity index (χ4v) is 1.98. The molecule has 0 heterocycles. The Hall–Kier alpha value is -1.83. The van der Waals surface area contributed by atoms with Crippen molar-refractivity contribution in [2.45, 2.75) is 13.0 Å². The summed E-state index contributed by atoms with van der Waals surface area (Å²) in [6.07, 6.45) is -0.656. The first-order valence-corrected chi connectivity index (χ1v) is 5.52. The van der Waals surface area contributed by atoms with Gasteiger partial charge in [-0.15, -0.1) is 0 Å². The number of rotatable bonds is 6. The third-order valence-electron chi connectivity index (χ3n) is 2.94. The molecular formula is C10H16N2O6. The Balaban J connectivity index is 2.52. The summed E-state index contributed by atoms with van der Waals surface area (Å²) in [7, 11) is 0. The number of carboxylic acid groups (broad SMARTS) is 2. The number of nitrogens with two attached hydrogens (primary N) is 1. The first kappa shape index (κ1) is 14.2. The fourth-order valence-electron chi connectivity index (χ4n) is 1.98. The Labute approximate surface area is 103 Å². The van der Waals surface area contributed by atoms with Crippen LogP contribution in [0.1, 0.15) is 6.92 Å². The smallest absolute Gasteiger partial charge is 0.407 e. The molecule has 8 nitrogen and oxygen atoms in total. The lowest BCUT2D eigenvalue weighted by atomic mass is 10.1. The molecule has 0 spiro atoms. The van der Waals surface area contributed by atoms with E-state index in [1.165, 1.54) is 0 Å². The molecule has 5 N–H and O–H groups in total. The summed E-state index contributed by atoms with van der Waals surface area (Å²) in [5, 5.41) is 20.0. The minimum Gasteiger partial charge on any atom is -0.481 e. The average Bonchev–Trinajstić information content (AvgIpc) is 2.99. The molecule has 1 aliphatic rings. The molecule has 0 unspecified atom stereocenters. The highest BCUT2D eigenvalue weighted by Crippen LogP contribution is 2.48. The van der Waals surface area contributed by atoms with E-state index in [0.29, 0.717) is 6.54 Å². The molecule has 0 bridgehead atoms. The maximum absolute atomic E-state index is 11.0. The number of nitrogens with one attached hydrogen (secondary N) is 1. The Bertz CT molecular complexity index is 358. The number of aliphatic carboxylic acids is 2. The zero-order chi connectivity index (χ0) is 13.9. The Kier molecular flexibility index (Phi) is 4.49. The first-order valence-electron chi connectivity index (χ1n) is 5.52. The number of carboxylic acids is 2. The highest BCUT2D eigenvalue weighted by Gasteiger charge is 2.60. The molecule has 4 atom stereocenters. The van der Waals surface area contributed by atoms with Gasteiger partial charge in [0, 0.05) is 18.4 Å². The van der Waals surface area contributed by atoms with Crippen LogP contribution in [0.4, 0.5) is 4.79 Å². The number of carbonyl (C=O) groups excluding carboxylic acids is 1. The standard InChI is InChI=1S/C10H16N2O6/c1-2-12-10(17)18-3-4-5(6(4)8(13)14)7(11)9(15)16/h4-7H,2-3,11H2,1H3,(H,12,17)(H,13,14)(H,15,16)/t4-,5+,6+,7+/m0/s1. The number of alkyl carbamates (subject to hydrolysis) is 1. The van der Waals surface area contributed by atoms with Crippen LogP contribution in [0.15, 0.2) is 0 Å². The van der Waals surface area contributed by atoms with Gasteiger partial charge in [-0.1, -0.05) is 0 Å². The minimum atomic E-state index is -1.26. The minimum absolute atomic E-state index is 0.144. The molecule has 1 fully saturated rings. The van der Waals surface area contributed by atoms with E-state index in [0.717, 1.165) is 0 Å². The van der Waals surface area contributed by atoms with E-state index in [2.05, 4.69) is 5.32 Å². The zero-order valence-corrected chi connectivity index (χ0v) is 9.83. The number of amides is 1. The van der Waals surface area contributed by atoms with Crippen molar-refractivity contribution >= 4 is 18.0 Å². The first-order chi connectivity index (χ1) is 8.40. The SMILES string of the molecule is CCNC(=O)OC[C@@H]1[C@@H](C(=O)O)[C@@H]1[C@@H](N)C(=O)O. The number of hydrogen-bond acceptors (Lipinski definition) is 5. The summed E-state index contributed by atoms with van der Waals surface area (Å²) in [5.74, 6) is -4.50. The molecule has 0 aromatic heterocycles. The molecule has 0 aromatic rings. The van der Waals surface area contributed by atoms with Crippen molar-refractivity contribution in [2.75, 3.05) is 13.2 Å². The van der Waals surface area contributed by atoms with Crippen LogP contribution in [0.3, 0.4) is 0 Å². The van der Waals surface area contributed by atoms with Crippen LogP contribution in [-0.4, -0.2) is 47.4 Å². The fraction of sp³-hybridized carbons (Fsp3) is 0.700. The van der Waals surface area contributed by atoms with Crippen LogP contribution in [0.2, 0.25) is 0 Å². The van der Waals surface area contributed by atoms with Gasteiger partial charge in [0.05, 0.1) is 12.5 Å². The van der Waals surface area contributed by atoms with Crippen LogP contribution in [-0.2, 0) is 14.3 Å². The second-order valence-corrected chi connectivity index (χ2v) is 4.10. The van der Waals surface area contributed by atoms with Gasteiger partial charge in [-0.3, -0.25) is 9.59 Å². The molecule has 18 heavy (non-hydrogen) atoms. The lowest BCUT2D eigenvalue weighted by molar-refractivity contribution is -0.140. The highest BCUT2D eigenvalue weighted by molar-refractivity contribution is 5.80. The predicted molar refractivity (Wildman–Crippen MR) is 58.7 cm³/mol. The second kappa shape index (κ2) is 5.67. The van der Waals surface area contributed by atoms with Gasteiger partial charge >= 0.3 is 18.0 Å². The van der Waals surface area contributed by atoms with Gasteiger partial charge in [0.2, 0.25) is 0 Å². The molecule has 1 amide bonds. The maximum atomic E-state index is 11.0. The quantitative estimate of drug-likeness (QED) is 0.484. The highest BCUT2D eigenvalue weighted by atomic mass is 16.5. The van der Waals surface area contributed by atoms with Crippen LogP contribution < -0.4 is 11.1 Å². The largest absolute Gasteiger partial charge is 0.481 e. The van der Waals surface area contributed by atoms with Gasteiger partial charge in [0.25, 0.3) is 0 Å². The Morgan fingerprint density at radius 3 is 2.44 bits per heavy atom. The van der Waals surface area contributed by atoms with Gasteiger partial charge in [-0.2, -0.15) is 0 Å². The summed E-state index contributed by atoms with van der Waals surface area (Å²) < 4.78 is 4.79. The van der Waals surface area contributed by atoms with Crippen molar-refractivity contribution < 1.29 is 29.3 Å². The number of carbonyl (C=O) groups is 3. The third-order valence-corrected chi connectivity index (χ3v) is 2.94. The predicted octanol–water partition coefficient (Wildman–Crippen LogP) is -0.909. The maximum Gasteiger partial charge on any atom is 0.407 e. The topological polar surface area (TPSA) is 139 Å². The third kappa shape index (κ3) is 3.10. The summed E-state index contributed by atoms with van der Waals surface area (Å²) in [5.41, 5.74) is 5.39. The summed E-state index contributed by atoms with van der Waals surface area (Å²) >= 11 is 0. The van der Waals surface area contributed by atoms with Crippen molar-refractivity contribution in [3.63, 3.8) is 0 Å². The van der Waals surface area contributed by atoms with E-state index >= 15 is 0 Å². The van der Waals surface area contributed by atoms with E-state index < -0.39 is 41.8 Å². The number of ether oxygens (including phenoxy) is 1. The molecule has 0 saturated heterocycles. The van der Waals surface area contributed by atoms with Crippen molar-refractivity contribution in [2.24, 2.45) is 23.5 Å². The molecule has 0 radical (unpaired) electrons. The molecular weight excluding hydrogens is 244 g/mol. The van der Waals surface area contributed by atoms with E-state index in [1.54, 1.807) is 6.92 Å². The van der Waals surface area contributed by atoms with E-state index in [4.69, 9.17) is 20.7 Å². The summed E-state index contributed by atoms with van der Waals surface area (Å²) in [6.45, 7) is 1.96. The average molecular weight is 260 g/mol. The summed E-state index contributed by atoms with van der Waals surface area (Å²) in [4.78, 5) is 32.6. The van der Waals surface area contributed by atoms with E-state index in [-0.39, 0.29) is 6.61 Å². The van der Waals surface area contributed by atoms with Crippen LogP contribution in [0.5, 0.6) is 0 Å². The van der Waals surface area contributed by atoms with Gasteiger partial charge < -0.3 is 26.0 Å². The zero-order valence-electron chi connectivity index (χ0n) is 9.83. The van der Waals surface area contributed by atoms with Crippen molar-refractivity contribution in [3.05, 3.63) is 0 Å². The van der Waals surface area contributed by atoms with Crippen molar-refractivity contribution in [1.29, 1.82) is 0 Å². The van der Waals surface area contributed by atoms with Gasteiger partial charge in [-0.05, 0) is 6.92 Å². The molecule has 102 valence electrons. The van der Waals surface area contributed by atoms with Gasteiger partial charge in [0.1, 0.15) is 6.04 Å². The molecule has 0 aliphatic heterocycles. The molecule has 0 aromatic carbocycles. The van der Waals surface area contributed by atoms with Crippen LogP contribution in [0, 0.1) is 17.8 Å². The Morgan fingerprint density at radius 1 is 1.39 bits per heavy atom. The summed E-state index contributed by atoms with van der Waals surface area (Å²) in [6, 6.07) is -1.26. The molecule has 8 heteroatoms. The van der Waals surface area contributed by atoms with Crippen LogP contribution in [0.25, 0.3) is 0 Å². The van der Waals surface area contributed by atoms with Gasteiger partial charge in [0.15, 0.2) is 0 Å². The second-order valence-electron chi connectivity index (χ2n) is 4.10. The van der Waals surface area contributed by atoms with Crippen molar-refractivity contribution in [1.82, 2.24) is 5.32 Å². The Morgan fingerprint density at radius 2 is 2.00 bits per heavy atom. The lowest BCUT2D eigenvalue weighted by Crippen LogP contribution is -2.34. The van der Waals surface area contributed by atoms with Gasteiger partial charge in [-0.25, -0.2) is 4.79 Å². The molecule has 1 aliphatic carbocycles. The number of hydrogen-bond donors (Lipinski definition) is 4.